The van der Waals surface area contributed by atoms with Gasteiger partial charge in [0, 0.05) is 9.79 Å². The summed E-state index contributed by atoms with van der Waals surface area (Å²) in [6.07, 6.45) is 0. The van der Waals surface area contributed by atoms with Crippen LogP contribution in [0.2, 0.25) is 0 Å². The van der Waals surface area contributed by atoms with Crippen LogP contribution in [0.3, 0.4) is 0 Å². The van der Waals surface area contributed by atoms with Gasteiger partial charge in [0.15, 0.2) is 0 Å². The van der Waals surface area contributed by atoms with Crippen molar-refractivity contribution in [2.75, 3.05) is 39.1 Å². The van der Waals surface area contributed by atoms with E-state index in [9.17, 15) is 9.59 Å². The number of hydrogen-bond donors (Lipinski definition) is 2. The maximum absolute atomic E-state index is 12.9. The standard InChI is InChI=1S/C24H24N2O6S2/c1-11-7-13(29-3)17-15(9-11)33-21(19(25-17)23(27)31-5)22-20(24(28)32-6)26-18-14(30-4)8-12(2)10-16(18)34-22/h7-10,25-26H,1-6H3. The summed E-state index contributed by atoms with van der Waals surface area (Å²) in [5, 5.41) is 6.37. The molecule has 2 aromatic rings. The van der Waals surface area contributed by atoms with Crippen LogP contribution >= 0.6 is 23.5 Å². The normalized spacial score (nSPS) is 14.4. The first-order chi connectivity index (χ1) is 16.3. The lowest BCUT2D eigenvalue weighted by atomic mass is 10.1. The Morgan fingerprint density at radius 2 is 1.06 bits per heavy atom. The Labute approximate surface area is 206 Å². The molecule has 0 aromatic heterocycles. The lowest BCUT2D eigenvalue weighted by Crippen LogP contribution is -2.23. The third kappa shape index (κ3) is 4.19. The molecular weight excluding hydrogens is 476 g/mol. The van der Waals surface area contributed by atoms with Gasteiger partial charge in [-0.05, 0) is 49.2 Å². The number of anilines is 2. The molecule has 2 aromatic carbocycles. The third-order valence-corrected chi connectivity index (χ3v) is 7.66. The predicted octanol–water partition coefficient (Wildman–Crippen LogP) is 4.83. The van der Waals surface area contributed by atoms with E-state index in [1.54, 1.807) is 14.2 Å². The molecule has 8 nitrogen and oxygen atoms in total. The van der Waals surface area contributed by atoms with E-state index in [1.807, 2.05) is 38.1 Å². The SMILES string of the molecule is COC(=O)C1=C(C2=C(C(=O)OC)Nc3c(OC)cc(C)cc3S2)Sc2cc(C)cc(OC)c2N1. The fraction of sp³-hybridized carbons (Fsp3) is 0.250. The number of carbonyl (C=O) groups is 2. The second-order valence-electron chi connectivity index (χ2n) is 7.53. The number of esters is 2. The molecule has 0 atom stereocenters. The number of fused-ring (bicyclic) bond motifs is 2. The quantitative estimate of drug-likeness (QED) is 0.556. The molecule has 0 aliphatic carbocycles. The van der Waals surface area contributed by atoms with Crippen LogP contribution in [0.4, 0.5) is 11.4 Å². The summed E-state index contributed by atoms with van der Waals surface area (Å²) in [5.41, 5.74) is 3.72. The van der Waals surface area contributed by atoms with Crippen molar-refractivity contribution in [3.8, 4) is 11.5 Å². The van der Waals surface area contributed by atoms with E-state index in [0.29, 0.717) is 32.7 Å². The van der Waals surface area contributed by atoms with E-state index in [-0.39, 0.29) is 11.4 Å². The first kappa shape index (κ1) is 23.9. The number of thioether (sulfide) groups is 2. The summed E-state index contributed by atoms with van der Waals surface area (Å²) in [7, 11) is 5.77. The number of ether oxygens (including phenoxy) is 4. The van der Waals surface area contributed by atoms with Crippen molar-refractivity contribution in [3.05, 3.63) is 56.6 Å². The molecule has 0 bridgehead atoms. The van der Waals surface area contributed by atoms with Crippen LogP contribution in [0.15, 0.2) is 55.3 Å². The fourth-order valence-electron chi connectivity index (χ4n) is 3.67. The number of benzene rings is 2. The van der Waals surface area contributed by atoms with Gasteiger partial charge >= 0.3 is 11.9 Å². The zero-order valence-electron chi connectivity index (χ0n) is 19.6. The summed E-state index contributed by atoms with van der Waals surface area (Å²) in [6, 6.07) is 7.75. The van der Waals surface area contributed by atoms with Gasteiger partial charge in [-0.2, -0.15) is 0 Å². The minimum atomic E-state index is -0.569. The van der Waals surface area contributed by atoms with Crippen molar-refractivity contribution < 1.29 is 28.5 Å². The van der Waals surface area contributed by atoms with Crippen molar-refractivity contribution in [2.24, 2.45) is 0 Å². The second kappa shape index (κ2) is 9.55. The average Bonchev–Trinajstić information content (AvgIpc) is 2.84. The molecule has 0 amide bonds. The zero-order chi connectivity index (χ0) is 24.6. The highest BCUT2D eigenvalue weighted by Crippen LogP contribution is 2.54. The molecule has 34 heavy (non-hydrogen) atoms. The highest BCUT2D eigenvalue weighted by atomic mass is 32.2. The Bertz CT molecular complexity index is 1170. The van der Waals surface area contributed by atoms with Crippen LogP contribution in [0, 0.1) is 13.8 Å². The number of rotatable bonds is 5. The van der Waals surface area contributed by atoms with Crippen molar-refractivity contribution in [3.63, 3.8) is 0 Å². The Hall–Kier alpha value is -3.24. The van der Waals surface area contributed by atoms with Crippen molar-refractivity contribution >= 4 is 46.8 Å². The Morgan fingerprint density at radius 1 is 0.676 bits per heavy atom. The molecule has 0 saturated heterocycles. The van der Waals surface area contributed by atoms with Crippen LogP contribution in [0.25, 0.3) is 0 Å². The number of hydrogen-bond acceptors (Lipinski definition) is 10. The van der Waals surface area contributed by atoms with E-state index in [2.05, 4.69) is 10.6 Å². The average molecular weight is 501 g/mol. The molecule has 10 heteroatoms. The monoisotopic (exact) mass is 500 g/mol. The minimum absolute atomic E-state index is 0.205. The van der Waals surface area contributed by atoms with Gasteiger partial charge in [0.1, 0.15) is 22.9 Å². The Kier molecular flexibility index (Phi) is 6.72. The molecule has 2 heterocycles. The minimum Gasteiger partial charge on any atom is -0.495 e. The van der Waals surface area contributed by atoms with Crippen LogP contribution in [0.5, 0.6) is 11.5 Å². The lowest BCUT2D eigenvalue weighted by Gasteiger charge is -2.30. The van der Waals surface area contributed by atoms with Gasteiger partial charge in [-0.3, -0.25) is 0 Å². The number of methoxy groups -OCH3 is 4. The second-order valence-corrected chi connectivity index (χ2v) is 9.63. The van der Waals surface area contributed by atoms with E-state index in [1.165, 1.54) is 37.7 Å². The number of nitrogens with one attached hydrogen (secondary N) is 2. The van der Waals surface area contributed by atoms with Crippen molar-refractivity contribution in [1.29, 1.82) is 0 Å². The van der Waals surface area contributed by atoms with E-state index < -0.39 is 11.9 Å². The predicted molar refractivity (Wildman–Crippen MR) is 133 cm³/mol. The Morgan fingerprint density at radius 3 is 1.38 bits per heavy atom. The van der Waals surface area contributed by atoms with Crippen molar-refractivity contribution in [1.82, 2.24) is 0 Å². The lowest BCUT2D eigenvalue weighted by molar-refractivity contribution is -0.136. The maximum atomic E-state index is 12.9. The topological polar surface area (TPSA) is 95.1 Å². The summed E-state index contributed by atoms with van der Waals surface area (Å²) in [5.74, 6) is 0.0666. The molecule has 178 valence electrons. The maximum Gasteiger partial charge on any atom is 0.355 e. The summed E-state index contributed by atoms with van der Waals surface area (Å²) < 4.78 is 21.2. The van der Waals surface area contributed by atoms with Crippen LogP contribution in [-0.2, 0) is 19.1 Å². The van der Waals surface area contributed by atoms with Crippen LogP contribution < -0.4 is 20.1 Å². The van der Waals surface area contributed by atoms with Gasteiger partial charge in [-0.1, -0.05) is 23.5 Å². The molecule has 0 spiro atoms. The van der Waals surface area contributed by atoms with Gasteiger partial charge in [0.2, 0.25) is 0 Å². The molecule has 0 saturated carbocycles. The molecule has 0 unspecified atom stereocenters. The number of carbonyl (C=O) groups excluding carboxylic acids is 2. The molecule has 0 radical (unpaired) electrons. The molecule has 4 rings (SSSR count). The zero-order valence-corrected chi connectivity index (χ0v) is 21.2. The first-order valence-corrected chi connectivity index (χ1v) is 11.9. The van der Waals surface area contributed by atoms with Crippen LogP contribution in [-0.4, -0.2) is 40.4 Å². The molecule has 0 fully saturated rings. The van der Waals surface area contributed by atoms with E-state index in [4.69, 9.17) is 18.9 Å². The van der Waals surface area contributed by atoms with E-state index in [0.717, 1.165) is 20.9 Å². The molecule has 2 aliphatic rings. The van der Waals surface area contributed by atoms with Gasteiger partial charge in [0.25, 0.3) is 0 Å². The van der Waals surface area contributed by atoms with Gasteiger partial charge < -0.3 is 29.6 Å². The smallest absolute Gasteiger partial charge is 0.355 e. The fourth-order valence-corrected chi connectivity index (χ4v) is 6.22. The number of aryl methyl sites for hydroxylation is 2. The van der Waals surface area contributed by atoms with E-state index >= 15 is 0 Å². The third-order valence-electron chi connectivity index (χ3n) is 5.22. The van der Waals surface area contributed by atoms with Gasteiger partial charge in [-0.25, -0.2) is 9.59 Å². The molecular formula is C24H24N2O6S2. The summed E-state index contributed by atoms with van der Waals surface area (Å²) in [4.78, 5) is 28.5. The summed E-state index contributed by atoms with van der Waals surface area (Å²) >= 11 is 2.72. The largest absolute Gasteiger partial charge is 0.495 e. The van der Waals surface area contributed by atoms with Crippen LogP contribution in [0.1, 0.15) is 11.1 Å². The molecule has 2 aliphatic heterocycles. The molecule has 2 N–H and O–H groups in total. The van der Waals surface area contributed by atoms with Gasteiger partial charge in [0.05, 0.1) is 49.6 Å². The summed E-state index contributed by atoms with van der Waals surface area (Å²) in [6.45, 7) is 3.92. The first-order valence-electron chi connectivity index (χ1n) is 10.2. The Balaban J connectivity index is 1.93. The highest BCUT2D eigenvalue weighted by Gasteiger charge is 2.35. The van der Waals surface area contributed by atoms with Crippen molar-refractivity contribution in [2.45, 2.75) is 23.6 Å². The van der Waals surface area contributed by atoms with Gasteiger partial charge in [-0.15, -0.1) is 0 Å². The highest BCUT2D eigenvalue weighted by molar-refractivity contribution is 8.08.